The Balaban J connectivity index is 1.88. The van der Waals surface area contributed by atoms with E-state index in [1.807, 2.05) is 18.2 Å². The summed E-state index contributed by atoms with van der Waals surface area (Å²) in [4.78, 5) is 13.8. The molecule has 4 atom stereocenters. The second-order valence-corrected chi connectivity index (χ2v) is 5.84. The molecule has 1 aromatic carbocycles. The molecule has 2 aliphatic heterocycles. The van der Waals surface area contributed by atoms with Crippen molar-refractivity contribution >= 4 is 5.97 Å². The lowest BCUT2D eigenvalue weighted by atomic mass is 9.89. The lowest BCUT2D eigenvalue weighted by molar-refractivity contribution is -0.142. The first kappa shape index (κ1) is 13.4. The van der Waals surface area contributed by atoms with Crippen molar-refractivity contribution in [2.75, 3.05) is 7.11 Å². The fourth-order valence-electron chi connectivity index (χ4n) is 4.07. The molecular weight excluding hydrogens is 254 g/mol. The van der Waals surface area contributed by atoms with Crippen molar-refractivity contribution in [2.24, 2.45) is 5.92 Å². The van der Waals surface area contributed by atoms with Crippen LogP contribution in [-0.2, 0) is 4.79 Å². The third-order valence-corrected chi connectivity index (χ3v) is 4.94. The number of aliphatic carboxylic acids is 1. The van der Waals surface area contributed by atoms with Crippen LogP contribution in [0.4, 0.5) is 0 Å². The van der Waals surface area contributed by atoms with E-state index in [2.05, 4.69) is 17.9 Å². The molecule has 1 N–H and O–H groups in total. The zero-order valence-electron chi connectivity index (χ0n) is 12.0. The molecule has 2 heterocycles. The number of rotatable bonds is 4. The maximum absolute atomic E-state index is 11.4. The van der Waals surface area contributed by atoms with Crippen LogP contribution in [0.15, 0.2) is 24.3 Å². The highest BCUT2D eigenvalue weighted by molar-refractivity contribution is 5.71. The van der Waals surface area contributed by atoms with Gasteiger partial charge in [-0.2, -0.15) is 0 Å². The molecule has 20 heavy (non-hydrogen) atoms. The van der Waals surface area contributed by atoms with Crippen molar-refractivity contribution in [2.45, 2.75) is 44.3 Å². The monoisotopic (exact) mass is 275 g/mol. The fourth-order valence-corrected chi connectivity index (χ4v) is 4.07. The Morgan fingerprint density at radius 1 is 1.40 bits per heavy atom. The average molecular weight is 275 g/mol. The summed E-state index contributed by atoms with van der Waals surface area (Å²) < 4.78 is 5.45. The van der Waals surface area contributed by atoms with E-state index in [4.69, 9.17) is 4.74 Å². The first-order valence-corrected chi connectivity index (χ1v) is 7.26. The molecule has 1 aromatic rings. The van der Waals surface area contributed by atoms with E-state index in [1.165, 1.54) is 0 Å². The Labute approximate surface area is 119 Å². The Bertz CT molecular complexity index is 516. The molecule has 4 heteroatoms. The van der Waals surface area contributed by atoms with E-state index < -0.39 is 5.97 Å². The number of hydrogen-bond donors (Lipinski definition) is 1. The van der Waals surface area contributed by atoms with Crippen LogP contribution >= 0.6 is 0 Å². The number of para-hydroxylation sites is 1. The molecule has 108 valence electrons. The number of carbonyl (C=O) groups is 1. The second kappa shape index (κ2) is 5.09. The molecular formula is C16H21NO3. The molecule has 2 fully saturated rings. The van der Waals surface area contributed by atoms with Crippen LogP contribution in [0.3, 0.4) is 0 Å². The van der Waals surface area contributed by atoms with Crippen LogP contribution in [0.25, 0.3) is 0 Å². The van der Waals surface area contributed by atoms with Crippen LogP contribution in [0.2, 0.25) is 0 Å². The van der Waals surface area contributed by atoms with Gasteiger partial charge in [-0.25, -0.2) is 0 Å². The lowest BCUT2D eigenvalue weighted by Crippen LogP contribution is -2.35. The highest BCUT2D eigenvalue weighted by Crippen LogP contribution is 2.47. The normalized spacial score (nSPS) is 30.4. The van der Waals surface area contributed by atoms with Crippen molar-refractivity contribution in [3.63, 3.8) is 0 Å². The number of methoxy groups -OCH3 is 1. The van der Waals surface area contributed by atoms with Gasteiger partial charge in [-0.3, -0.25) is 9.69 Å². The summed E-state index contributed by atoms with van der Waals surface area (Å²) in [6.45, 7) is 2.16. The zero-order chi connectivity index (χ0) is 14.3. The average Bonchev–Trinajstić information content (AvgIpc) is 3.04. The molecule has 0 spiro atoms. The number of carboxylic acid groups (broad SMARTS) is 1. The highest BCUT2D eigenvalue weighted by Gasteiger charge is 2.51. The maximum Gasteiger partial charge on any atom is 0.308 e. The predicted octanol–water partition coefficient (Wildman–Crippen LogP) is 2.69. The Morgan fingerprint density at radius 3 is 2.80 bits per heavy atom. The molecule has 0 aliphatic carbocycles. The minimum atomic E-state index is -0.644. The molecule has 2 bridgehead atoms. The molecule has 0 amide bonds. The summed E-state index contributed by atoms with van der Waals surface area (Å²) in [7, 11) is 1.68. The van der Waals surface area contributed by atoms with Crippen molar-refractivity contribution in [1.29, 1.82) is 0 Å². The minimum Gasteiger partial charge on any atom is -0.496 e. The van der Waals surface area contributed by atoms with Crippen molar-refractivity contribution < 1.29 is 14.6 Å². The van der Waals surface area contributed by atoms with Gasteiger partial charge in [0.05, 0.1) is 13.0 Å². The molecule has 3 rings (SSSR count). The van der Waals surface area contributed by atoms with Crippen LogP contribution in [0.5, 0.6) is 5.75 Å². The predicted molar refractivity (Wildman–Crippen MR) is 75.8 cm³/mol. The van der Waals surface area contributed by atoms with Gasteiger partial charge in [0.2, 0.25) is 0 Å². The van der Waals surface area contributed by atoms with Gasteiger partial charge in [-0.05, 0) is 32.3 Å². The Morgan fingerprint density at radius 2 is 2.15 bits per heavy atom. The van der Waals surface area contributed by atoms with Crippen LogP contribution in [0.1, 0.15) is 37.8 Å². The van der Waals surface area contributed by atoms with Gasteiger partial charge in [-0.15, -0.1) is 0 Å². The van der Waals surface area contributed by atoms with E-state index >= 15 is 0 Å². The maximum atomic E-state index is 11.4. The summed E-state index contributed by atoms with van der Waals surface area (Å²) in [5.74, 6) is 0.0403. The number of hydrogen-bond acceptors (Lipinski definition) is 3. The Hall–Kier alpha value is -1.55. The lowest BCUT2D eigenvalue weighted by Gasteiger charge is -2.31. The van der Waals surface area contributed by atoms with Crippen LogP contribution in [-0.4, -0.2) is 35.2 Å². The first-order valence-electron chi connectivity index (χ1n) is 7.26. The second-order valence-electron chi connectivity index (χ2n) is 5.84. The van der Waals surface area contributed by atoms with E-state index in [-0.39, 0.29) is 18.0 Å². The summed E-state index contributed by atoms with van der Waals surface area (Å²) >= 11 is 0. The van der Waals surface area contributed by atoms with E-state index in [0.717, 1.165) is 30.6 Å². The molecule has 0 saturated carbocycles. The standard InChI is InChI=1S/C16H21NO3/c1-10(12-5-3-4-6-15(12)20-2)17-11-7-8-14(17)13(9-11)16(18)19/h3-6,10-11,13-14H,7-9H2,1-2H3,(H,18,19). The SMILES string of the molecule is COc1ccccc1C(C)N1C2CCC1C(C(=O)O)C2. The van der Waals surface area contributed by atoms with Crippen molar-refractivity contribution in [3.8, 4) is 5.75 Å². The summed E-state index contributed by atoms with van der Waals surface area (Å²) in [5.41, 5.74) is 1.15. The van der Waals surface area contributed by atoms with Gasteiger partial charge in [0.25, 0.3) is 0 Å². The number of fused-ring (bicyclic) bond motifs is 2. The highest BCUT2D eigenvalue weighted by atomic mass is 16.5. The fraction of sp³-hybridized carbons (Fsp3) is 0.562. The molecule has 4 unspecified atom stereocenters. The summed E-state index contributed by atoms with van der Waals surface area (Å²) in [6, 6.07) is 8.82. The van der Waals surface area contributed by atoms with Crippen molar-refractivity contribution in [3.05, 3.63) is 29.8 Å². The first-order chi connectivity index (χ1) is 9.63. The molecule has 0 radical (unpaired) electrons. The van der Waals surface area contributed by atoms with E-state index in [1.54, 1.807) is 7.11 Å². The Kier molecular flexibility index (Phi) is 3.42. The smallest absolute Gasteiger partial charge is 0.308 e. The number of nitrogens with zero attached hydrogens (tertiary/aromatic N) is 1. The number of benzene rings is 1. The number of carboxylic acids is 1. The third-order valence-electron chi connectivity index (χ3n) is 4.94. The molecule has 2 aliphatic rings. The van der Waals surface area contributed by atoms with Gasteiger partial charge in [0.15, 0.2) is 0 Å². The van der Waals surface area contributed by atoms with E-state index in [0.29, 0.717) is 6.04 Å². The van der Waals surface area contributed by atoms with E-state index in [9.17, 15) is 9.90 Å². The molecule has 2 saturated heterocycles. The third kappa shape index (κ3) is 1.99. The van der Waals surface area contributed by atoms with Crippen LogP contribution in [0, 0.1) is 5.92 Å². The summed E-state index contributed by atoms with van der Waals surface area (Å²) in [5, 5.41) is 9.35. The van der Waals surface area contributed by atoms with Gasteiger partial charge in [0, 0.05) is 23.7 Å². The summed E-state index contributed by atoms with van der Waals surface area (Å²) in [6.07, 6.45) is 2.91. The quantitative estimate of drug-likeness (QED) is 0.918. The molecule has 4 nitrogen and oxygen atoms in total. The van der Waals surface area contributed by atoms with Gasteiger partial charge in [0.1, 0.15) is 5.75 Å². The largest absolute Gasteiger partial charge is 0.496 e. The van der Waals surface area contributed by atoms with Gasteiger partial charge >= 0.3 is 5.97 Å². The minimum absolute atomic E-state index is 0.178. The number of ether oxygens (including phenoxy) is 1. The van der Waals surface area contributed by atoms with Gasteiger partial charge in [-0.1, -0.05) is 18.2 Å². The molecule has 0 aromatic heterocycles. The van der Waals surface area contributed by atoms with Crippen LogP contribution < -0.4 is 4.74 Å². The van der Waals surface area contributed by atoms with Gasteiger partial charge < -0.3 is 9.84 Å². The topological polar surface area (TPSA) is 49.8 Å². The zero-order valence-corrected chi connectivity index (χ0v) is 12.0. The van der Waals surface area contributed by atoms with Crippen molar-refractivity contribution in [1.82, 2.24) is 4.90 Å².